The maximum Gasteiger partial charge on any atom is 0.190 e. The number of hydrogen-bond donors (Lipinski definition) is 0. The molecule has 2 nitrogen and oxygen atoms in total. The lowest BCUT2D eigenvalue weighted by Crippen LogP contribution is -2.59. The summed E-state index contributed by atoms with van der Waals surface area (Å²) >= 11 is 0. The highest BCUT2D eigenvalue weighted by molar-refractivity contribution is 5.83. The molecule has 0 radical (unpaired) electrons. The van der Waals surface area contributed by atoms with Gasteiger partial charge in [-0.25, -0.2) is 0 Å². The second-order valence-electron chi connectivity index (χ2n) is 3.97. The second kappa shape index (κ2) is 1.82. The maximum absolute atomic E-state index is 11.2. The molecule has 2 bridgehead atoms. The van der Waals surface area contributed by atoms with Crippen molar-refractivity contribution < 1.29 is 9.28 Å². The van der Waals surface area contributed by atoms with Gasteiger partial charge in [-0.2, -0.15) is 0 Å². The summed E-state index contributed by atoms with van der Waals surface area (Å²) < 4.78 is 1.02. The summed E-state index contributed by atoms with van der Waals surface area (Å²) in [6.45, 7) is 3.28. The van der Waals surface area contributed by atoms with Crippen molar-refractivity contribution in [1.82, 2.24) is 0 Å². The van der Waals surface area contributed by atoms with Crippen molar-refractivity contribution in [1.29, 1.82) is 0 Å². The van der Waals surface area contributed by atoms with E-state index >= 15 is 0 Å². The molecule has 0 aromatic carbocycles. The zero-order valence-electron chi connectivity index (χ0n) is 6.47. The molecule has 0 atom stereocenters. The van der Waals surface area contributed by atoms with Crippen molar-refractivity contribution >= 4 is 5.78 Å². The van der Waals surface area contributed by atoms with E-state index < -0.39 is 0 Å². The molecule has 3 rings (SSSR count). The van der Waals surface area contributed by atoms with Crippen LogP contribution in [0.5, 0.6) is 0 Å². The molecule has 0 N–H and O–H groups in total. The molecule has 3 heterocycles. The molecule has 0 unspecified atom stereocenters. The Hall–Kier alpha value is -0.370. The van der Waals surface area contributed by atoms with Crippen LogP contribution < -0.4 is 0 Å². The number of quaternary nitrogens is 1. The van der Waals surface area contributed by atoms with Crippen LogP contribution in [0.2, 0.25) is 0 Å². The number of piperidine rings is 3. The van der Waals surface area contributed by atoms with Crippen molar-refractivity contribution in [2.75, 3.05) is 26.7 Å². The molecule has 3 saturated heterocycles. The van der Waals surface area contributed by atoms with Crippen molar-refractivity contribution in [3.05, 3.63) is 0 Å². The summed E-state index contributed by atoms with van der Waals surface area (Å²) in [4.78, 5) is 11.2. The van der Waals surface area contributed by atoms with Gasteiger partial charge in [0.2, 0.25) is 0 Å². The third-order valence-electron chi connectivity index (χ3n) is 3.03. The van der Waals surface area contributed by atoms with E-state index in [0.29, 0.717) is 11.7 Å². The number of carbonyl (C=O) groups excluding carboxylic acids is 1. The largest absolute Gasteiger partial charge is 0.320 e. The van der Waals surface area contributed by atoms with Gasteiger partial charge < -0.3 is 4.48 Å². The Bertz CT molecular complexity index is 168. The Labute approximate surface area is 61.4 Å². The van der Waals surface area contributed by atoms with E-state index in [2.05, 4.69) is 7.05 Å². The van der Waals surface area contributed by atoms with Gasteiger partial charge in [0.15, 0.2) is 5.78 Å². The van der Waals surface area contributed by atoms with Crippen LogP contribution in [-0.4, -0.2) is 36.9 Å². The van der Waals surface area contributed by atoms with E-state index in [1.54, 1.807) is 0 Å². The first-order valence-electron chi connectivity index (χ1n) is 4.06. The fraction of sp³-hybridized carbons (Fsp3) is 0.875. The summed E-state index contributed by atoms with van der Waals surface area (Å²) in [6, 6.07) is 0. The quantitative estimate of drug-likeness (QED) is 0.446. The summed E-state index contributed by atoms with van der Waals surface area (Å²) in [5, 5.41) is 0. The second-order valence-corrected chi connectivity index (χ2v) is 3.97. The SMILES string of the molecule is C[N+]12CCC(CC1)C(=O)C2. The molecule has 3 aliphatic heterocycles. The Balaban J connectivity index is 2.22. The fourth-order valence-electron chi connectivity index (χ4n) is 2.18. The van der Waals surface area contributed by atoms with Crippen molar-refractivity contribution in [2.24, 2.45) is 5.92 Å². The number of hydrogen-bond acceptors (Lipinski definition) is 1. The first-order valence-corrected chi connectivity index (χ1v) is 4.06. The van der Waals surface area contributed by atoms with Gasteiger partial charge in [0.05, 0.1) is 20.1 Å². The van der Waals surface area contributed by atoms with Crippen LogP contribution in [0.1, 0.15) is 12.8 Å². The number of nitrogens with zero attached hydrogens (tertiary/aromatic N) is 1. The normalized spacial score (nSPS) is 46.1. The number of rotatable bonds is 0. The number of ketones is 1. The Morgan fingerprint density at radius 3 is 2.30 bits per heavy atom. The molecule has 0 aromatic rings. The third-order valence-corrected chi connectivity index (χ3v) is 3.03. The van der Waals surface area contributed by atoms with Gasteiger partial charge in [0, 0.05) is 18.8 Å². The van der Waals surface area contributed by atoms with Gasteiger partial charge in [0.1, 0.15) is 6.54 Å². The first-order chi connectivity index (χ1) is 4.70. The topological polar surface area (TPSA) is 17.1 Å². The van der Waals surface area contributed by atoms with Crippen LogP contribution in [0.4, 0.5) is 0 Å². The van der Waals surface area contributed by atoms with E-state index in [9.17, 15) is 4.79 Å². The standard InChI is InChI=1S/C8H14NO/c1-9-4-2-7(3-5-9)8(10)6-9/h7H,2-6H2,1H3/q+1. The highest BCUT2D eigenvalue weighted by Crippen LogP contribution is 2.28. The Morgan fingerprint density at radius 2 is 2.00 bits per heavy atom. The molecule has 2 heteroatoms. The lowest BCUT2D eigenvalue weighted by molar-refractivity contribution is -0.912. The molecule has 10 heavy (non-hydrogen) atoms. The third kappa shape index (κ3) is 0.788. The average molecular weight is 140 g/mol. The van der Waals surface area contributed by atoms with Crippen LogP contribution in [-0.2, 0) is 4.79 Å². The van der Waals surface area contributed by atoms with Gasteiger partial charge in [-0.05, 0) is 0 Å². The van der Waals surface area contributed by atoms with Crippen LogP contribution in [0.15, 0.2) is 0 Å². The van der Waals surface area contributed by atoms with Crippen molar-refractivity contribution in [3.8, 4) is 0 Å². The summed E-state index contributed by atoms with van der Waals surface area (Å²) in [6.07, 6.45) is 2.30. The lowest BCUT2D eigenvalue weighted by Gasteiger charge is -2.45. The number of fused-ring (bicyclic) bond motifs is 3. The van der Waals surface area contributed by atoms with E-state index in [1.807, 2.05) is 0 Å². The Kier molecular flexibility index (Phi) is 1.15. The van der Waals surface area contributed by atoms with Crippen molar-refractivity contribution in [3.63, 3.8) is 0 Å². The zero-order valence-corrected chi connectivity index (χ0v) is 6.47. The Morgan fingerprint density at radius 1 is 1.40 bits per heavy atom. The van der Waals surface area contributed by atoms with E-state index in [1.165, 1.54) is 13.1 Å². The maximum atomic E-state index is 11.2. The van der Waals surface area contributed by atoms with Crippen LogP contribution in [0.25, 0.3) is 0 Å². The van der Waals surface area contributed by atoms with Gasteiger partial charge in [0.25, 0.3) is 0 Å². The number of carbonyl (C=O) groups is 1. The molecule has 3 fully saturated rings. The molecule has 3 aliphatic rings. The highest BCUT2D eigenvalue weighted by atomic mass is 16.1. The van der Waals surface area contributed by atoms with Crippen LogP contribution in [0, 0.1) is 5.92 Å². The minimum Gasteiger partial charge on any atom is -0.320 e. The van der Waals surface area contributed by atoms with Crippen molar-refractivity contribution in [2.45, 2.75) is 12.8 Å². The van der Waals surface area contributed by atoms with E-state index in [4.69, 9.17) is 0 Å². The predicted molar refractivity (Wildman–Crippen MR) is 38.5 cm³/mol. The predicted octanol–water partition coefficient (Wildman–Crippen LogP) is 0.426. The summed E-state index contributed by atoms with van der Waals surface area (Å²) in [5.41, 5.74) is 0. The molecule has 0 aromatic heterocycles. The molecular weight excluding hydrogens is 126 g/mol. The molecule has 0 aliphatic carbocycles. The molecule has 0 saturated carbocycles. The zero-order chi connectivity index (χ0) is 7.19. The van der Waals surface area contributed by atoms with Gasteiger partial charge >= 0.3 is 0 Å². The van der Waals surface area contributed by atoms with E-state index in [-0.39, 0.29) is 0 Å². The van der Waals surface area contributed by atoms with Crippen LogP contribution >= 0.6 is 0 Å². The summed E-state index contributed by atoms with van der Waals surface area (Å²) in [7, 11) is 2.20. The minimum absolute atomic E-state index is 0.444. The van der Waals surface area contributed by atoms with E-state index in [0.717, 1.165) is 23.9 Å². The first kappa shape index (κ1) is 6.35. The molecule has 0 amide bonds. The van der Waals surface area contributed by atoms with Gasteiger partial charge in [-0.15, -0.1) is 0 Å². The van der Waals surface area contributed by atoms with Crippen LogP contribution in [0.3, 0.4) is 0 Å². The monoisotopic (exact) mass is 140 g/mol. The average Bonchev–Trinajstić information content (AvgIpc) is 1.87. The molecule has 56 valence electrons. The molecule has 0 spiro atoms. The lowest BCUT2D eigenvalue weighted by atomic mass is 9.85. The smallest absolute Gasteiger partial charge is 0.190 e. The fourth-order valence-corrected chi connectivity index (χ4v) is 2.18. The number of likely N-dealkylation sites (N-methyl/N-ethyl adjacent to an activating group) is 1. The summed E-state index contributed by atoms with van der Waals surface area (Å²) in [5.74, 6) is 0.958. The van der Waals surface area contributed by atoms with Gasteiger partial charge in [-0.1, -0.05) is 0 Å². The van der Waals surface area contributed by atoms with Gasteiger partial charge in [-0.3, -0.25) is 4.79 Å². The highest BCUT2D eigenvalue weighted by Gasteiger charge is 2.41. The minimum atomic E-state index is 0.444. The molecular formula is C8H14NO+. The number of Topliss-reactive ketones (excluding diaryl/α,β-unsaturated/α-hetero) is 1.